The molecule has 0 saturated heterocycles. The van der Waals surface area contributed by atoms with E-state index in [0.717, 1.165) is 5.76 Å². The highest BCUT2D eigenvalue weighted by molar-refractivity contribution is 5.79. The van der Waals surface area contributed by atoms with Gasteiger partial charge in [-0.2, -0.15) is 0 Å². The van der Waals surface area contributed by atoms with Crippen molar-refractivity contribution < 1.29 is 13.9 Å². The molecule has 126 valence electrons. The Morgan fingerprint density at radius 2 is 1.64 bits per heavy atom. The number of nitrogens with one attached hydrogen (secondary N) is 1. The van der Waals surface area contributed by atoms with Gasteiger partial charge in [0.05, 0.1) is 6.54 Å². The van der Waals surface area contributed by atoms with Crippen LogP contribution in [0.2, 0.25) is 0 Å². The van der Waals surface area contributed by atoms with Gasteiger partial charge >= 0.3 is 6.09 Å². The molecule has 1 aliphatic rings. The molecule has 0 fully saturated rings. The Morgan fingerprint density at radius 1 is 1.00 bits per heavy atom. The van der Waals surface area contributed by atoms with Gasteiger partial charge < -0.3 is 14.5 Å². The van der Waals surface area contributed by atoms with E-state index >= 15 is 0 Å². The van der Waals surface area contributed by atoms with Crippen LogP contribution in [-0.4, -0.2) is 12.7 Å². The summed E-state index contributed by atoms with van der Waals surface area (Å²) in [6, 6.07) is 20.3. The van der Waals surface area contributed by atoms with Crippen molar-refractivity contribution in [3.8, 4) is 11.1 Å². The molecule has 0 unspecified atom stereocenters. The Hall–Kier alpha value is -3.01. The zero-order chi connectivity index (χ0) is 17.2. The first-order chi connectivity index (χ1) is 12.2. The molecule has 1 heterocycles. The van der Waals surface area contributed by atoms with Crippen molar-refractivity contribution in [1.82, 2.24) is 5.32 Å². The van der Waals surface area contributed by atoms with Crippen molar-refractivity contribution in [3.63, 3.8) is 0 Å². The number of alkyl carbamates (subject to hydrolysis) is 1. The SMILES string of the molecule is Cc1ccc(CNC(=O)OCC2c3ccccc3-c3ccccc32)o1. The lowest BCUT2D eigenvalue weighted by molar-refractivity contribution is 0.141. The summed E-state index contributed by atoms with van der Waals surface area (Å²) in [5, 5.41) is 2.73. The Morgan fingerprint density at radius 3 is 2.24 bits per heavy atom. The summed E-state index contributed by atoms with van der Waals surface area (Å²) in [6.45, 7) is 2.51. The molecule has 3 aromatic rings. The lowest BCUT2D eigenvalue weighted by atomic mass is 9.98. The Balaban J connectivity index is 1.43. The highest BCUT2D eigenvalue weighted by Crippen LogP contribution is 2.44. The highest BCUT2D eigenvalue weighted by Gasteiger charge is 2.28. The summed E-state index contributed by atoms with van der Waals surface area (Å²) in [5.41, 5.74) is 4.85. The van der Waals surface area contributed by atoms with E-state index in [1.54, 1.807) is 0 Å². The van der Waals surface area contributed by atoms with Crippen LogP contribution >= 0.6 is 0 Å². The number of benzene rings is 2. The number of carbonyl (C=O) groups excluding carboxylic acids is 1. The number of rotatable bonds is 4. The molecule has 0 bridgehead atoms. The van der Waals surface area contributed by atoms with E-state index in [1.165, 1.54) is 22.3 Å². The standard InChI is InChI=1S/C21H19NO3/c1-14-10-11-15(25-14)12-22-21(23)24-13-20-18-8-4-2-6-16(18)17-7-3-5-9-19(17)20/h2-11,20H,12-13H2,1H3,(H,22,23). The first kappa shape index (κ1) is 15.5. The van der Waals surface area contributed by atoms with E-state index < -0.39 is 6.09 Å². The van der Waals surface area contributed by atoms with Gasteiger partial charge in [0, 0.05) is 5.92 Å². The summed E-state index contributed by atoms with van der Waals surface area (Å²) in [5.74, 6) is 1.61. The molecular formula is C21H19NO3. The summed E-state index contributed by atoms with van der Waals surface area (Å²) in [4.78, 5) is 12.0. The quantitative estimate of drug-likeness (QED) is 0.757. The van der Waals surface area contributed by atoms with Crippen LogP contribution in [0.25, 0.3) is 11.1 Å². The third-order valence-corrected chi connectivity index (χ3v) is 4.55. The second-order valence-corrected chi connectivity index (χ2v) is 6.19. The van der Waals surface area contributed by atoms with Crippen LogP contribution in [0.5, 0.6) is 0 Å². The zero-order valence-corrected chi connectivity index (χ0v) is 14.0. The molecule has 2 aromatic carbocycles. The third-order valence-electron chi connectivity index (χ3n) is 4.55. The Kier molecular flexibility index (Phi) is 4.02. The number of hydrogen-bond donors (Lipinski definition) is 1. The minimum absolute atomic E-state index is 0.0732. The maximum atomic E-state index is 12.0. The predicted octanol–water partition coefficient (Wildman–Crippen LogP) is 4.63. The normalized spacial score (nSPS) is 12.5. The molecule has 4 rings (SSSR count). The summed E-state index contributed by atoms with van der Waals surface area (Å²) < 4.78 is 10.9. The number of amides is 1. The zero-order valence-electron chi connectivity index (χ0n) is 14.0. The van der Waals surface area contributed by atoms with E-state index in [4.69, 9.17) is 9.15 Å². The van der Waals surface area contributed by atoms with Crippen LogP contribution in [0, 0.1) is 6.92 Å². The minimum atomic E-state index is -0.434. The van der Waals surface area contributed by atoms with E-state index in [0.29, 0.717) is 18.9 Å². The van der Waals surface area contributed by atoms with Crippen molar-refractivity contribution >= 4 is 6.09 Å². The van der Waals surface area contributed by atoms with Gasteiger partial charge in [-0.15, -0.1) is 0 Å². The van der Waals surface area contributed by atoms with Gasteiger partial charge in [0.1, 0.15) is 18.1 Å². The number of ether oxygens (including phenoxy) is 1. The van der Waals surface area contributed by atoms with Crippen molar-refractivity contribution in [2.45, 2.75) is 19.4 Å². The molecule has 0 aliphatic heterocycles. The maximum Gasteiger partial charge on any atom is 0.407 e. The average Bonchev–Trinajstić information content (AvgIpc) is 3.19. The fourth-order valence-electron chi connectivity index (χ4n) is 3.39. The number of aryl methyl sites for hydroxylation is 1. The van der Waals surface area contributed by atoms with Crippen LogP contribution in [0.1, 0.15) is 28.6 Å². The van der Waals surface area contributed by atoms with Crippen molar-refractivity contribution in [1.29, 1.82) is 0 Å². The van der Waals surface area contributed by atoms with Gasteiger partial charge in [-0.3, -0.25) is 0 Å². The summed E-state index contributed by atoms with van der Waals surface area (Å²) >= 11 is 0. The number of furan rings is 1. The van der Waals surface area contributed by atoms with Gasteiger partial charge in [-0.25, -0.2) is 4.79 Å². The monoisotopic (exact) mass is 333 g/mol. The molecule has 0 spiro atoms. The molecular weight excluding hydrogens is 314 g/mol. The van der Waals surface area contributed by atoms with Crippen LogP contribution in [0.15, 0.2) is 65.1 Å². The highest BCUT2D eigenvalue weighted by atomic mass is 16.5. The summed E-state index contributed by atoms with van der Waals surface area (Å²) in [7, 11) is 0. The van der Waals surface area contributed by atoms with Gasteiger partial charge in [-0.1, -0.05) is 48.5 Å². The fraction of sp³-hybridized carbons (Fsp3) is 0.190. The van der Waals surface area contributed by atoms with Crippen molar-refractivity contribution in [2.75, 3.05) is 6.61 Å². The lowest BCUT2D eigenvalue weighted by Gasteiger charge is -2.14. The van der Waals surface area contributed by atoms with Crippen molar-refractivity contribution in [2.24, 2.45) is 0 Å². The van der Waals surface area contributed by atoms with Gasteiger partial charge in [0.2, 0.25) is 0 Å². The fourth-order valence-corrected chi connectivity index (χ4v) is 3.39. The molecule has 0 saturated carbocycles. The van der Waals surface area contributed by atoms with Gasteiger partial charge in [0.25, 0.3) is 0 Å². The minimum Gasteiger partial charge on any atom is -0.465 e. The van der Waals surface area contributed by atoms with Crippen molar-refractivity contribution in [3.05, 3.63) is 83.3 Å². The first-order valence-electron chi connectivity index (χ1n) is 8.36. The maximum absolute atomic E-state index is 12.0. The molecule has 1 aromatic heterocycles. The predicted molar refractivity (Wildman–Crippen MR) is 95.4 cm³/mol. The molecule has 0 radical (unpaired) electrons. The molecule has 4 heteroatoms. The molecule has 25 heavy (non-hydrogen) atoms. The van der Waals surface area contributed by atoms with E-state index in [2.05, 4.69) is 29.6 Å². The lowest BCUT2D eigenvalue weighted by Crippen LogP contribution is -2.25. The van der Waals surface area contributed by atoms with Crippen LogP contribution in [0.4, 0.5) is 4.79 Å². The smallest absolute Gasteiger partial charge is 0.407 e. The molecule has 1 N–H and O–H groups in total. The van der Waals surface area contributed by atoms with Crippen LogP contribution in [0.3, 0.4) is 0 Å². The second-order valence-electron chi connectivity index (χ2n) is 6.19. The number of carbonyl (C=O) groups is 1. The molecule has 1 amide bonds. The second kappa shape index (κ2) is 6.48. The average molecular weight is 333 g/mol. The largest absolute Gasteiger partial charge is 0.465 e. The topological polar surface area (TPSA) is 51.5 Å². The van der Waals surface area contributed by atoms with E-state index in [9.17, 15) is 4.79 Å². The van der Waals surface area contributed by atoms with Gasteiger partial charge in [-0.05, 0) is 41.3 Å². The first-order valence-corrected chi connectivity index (χ1v) is 8.36. The van der Waals surface area contributed by atoms with E-state index in [-0.39, 0.29) is 5.92 Å². The number of fused-ring (bicyclic) bond motifs is 3. The number of hydrogen-bond acceptors (Lipinski definition) is 3. The van der Waals surface area contributed by atoms with Crippen LogP contribution < -0.4 is 5.32 Å². The third kappa shape index (κ3) is 3.03. The molecule has 4 nitrogen and oxygen atoms in total. The Bertz CT molecular complexity index is 867. The summed E-state index contributed by atoms with van der Waals surface area (Å²) in [6.07, 6.45) is -0.434. The van der Waals surface area contributed by atoms with E-state index in [1.807, 2.05) is 43.3 Å². The Labute approximate surface area is 146 Å². The van der Waals surface area contributed by atoms with Crippen LogP contribution in [-0.2, 0) is 11.3 Å². The van der Waals surface area contributed by atoms with Gasteiger partial charge in [0.15, 0.2) is 0 Å². The molecule has 0 atom stereocenters. The molecule has 1 aliphatic carbocycles.